The minimum absolute atomic E-state index is 0.154. The Balaban J connectivity index is 1.67. The summed E-state index contributed by atoms with van der Waals surface area (Å²) in [6, 6.07) is 0.660. The number of hydrogen-bond acceptors (Lipinski definition) is 3. The van der Waals surface area contributed by atoms with Crippen molar-refractivity contribution in [1.82, 2.24) is 10.6 Å². The van der Waals surface area contributed by atoms with Crippen LogP contribution in [-0.4, -0.2) is 38.8 Å². The van der Waals surface area contributed by atoms with E-state index in [1.165, 1.54) is 51.4 Å². The van der Waals surface area contributed by atoms with Gasteiger partial charge in [-0.3, -0.25) is 4.79 Å². The van der Waals surface area contributed by atoms with E-state index in [0.717, 1.165) is 32.4 Å². The van der Waals surface area contributed by atoms with Crippen molar-refractivity contribution in [3.8, 4) is 0 Å². The number of nitrogens with one attached hydrogen (secondary N) is 2. The fourth-order valence-electron chi connectivity index (χ4n) is 4.06. The molecule has 0 atom stereocenters. The molecule has 0 unspecified atom stereocenters. The number of carbonyl (C=O) groups is 1. The minimum atomic E-state index is -0.154. The highest BCUT2D eigenvalue weighted by atomic mass is 16.5. The molecule has 0 bridgehead atoms. The number of carbonyl (C=O) groups excluding carboxylic acids is 1. The standard InChI is InChI=1S/C18H34N2O2/c1-22-15-12-18(10-6-7-11-18)17(21)20-14-13-19-16-8-4-2-3-5-9-16/h16,19H,2-15H2,1H3,(H,20,21). The summed E-state index contributed by atoms with van der Waals surface area (Å²) in [5, 5.41) is 6.80. The van der Waals surface area contributed by atoms with Crippen LogP contribution < -0.4 is 10.6 Å². The van der Waals surface area contributed by atoms with Gasteiger partial charge in [-0.25, -0.2) is 0 Å². The van der Waals surface area contributed by atoms with Crippen molar-refractivity contribution in [2.24, 2.45) is 5.41 Å². The van der Waals surface area contributed by atoms with Crippen molar-refractivity contribution in [3.05, 3.63) is 0 Å². The van der Waals surface area contributed by atoms with Crippen molar-refractivity contribution < 1.29 is 9.53 Å². The third-order valence-electron chi connectivity index (χ3n) is 5.53. The Labute approximate surface area is 135 Å². The van der Waals surface area contributed by atoms with Crippen molar-refractivity contribution in [3.63, 3.8) is 0 Å². The third-order valence-corrected chi connectivity index (χ3v) is 5.53. The Morgan fingerprint density at radius 1 is 1.05 bits per heavy atom. The summed E-state index contributed by atoms with van der Waals surface area (Å²) in [4.78, 5) is 12.6. The van der Waals surface area contributed by atoms with Gasteiger partial charge in [-0.05, 0) is 32.1 Å². The summed E-state index contributed by atoms with van der Waals surface area (Å²) in [5.41, 5.74) is -0.154. The van der Waals surface area contributed by atoms with E-state index < -0.39 is 0 Å². The van der Waals surface area contributed by atoms with E-state index in [1.54, 1.807) is 7.11 Å². The molecule has 2 rings (SSSR count). The molecule has 2 aliphatic rings. The Morgan fingerprint density at radius 2 is 1.73 bits per heavy atom. The molecule has 128 valence electrons. The first-order chi connectivity index (χ1) is 10.8. The topological polar surface area (TPSA) is 50.4 Å². The second kappa shape index (κ2) is 9.51. The number of hydrogen-bond donors (Lipinski definition) is 2. The third kappa shape index (κ3) is 5.24. The molecule has 0 heterocycles. The van der Waals surface area contributed by atoms with Gasteiger partial charge in [-0.1, -0.05) is 38.5 Å². The highest BCUT2D eigenvalue weighted by Crippen LogP contribution is 2.41. The summed E-state index contributed by atoms with van der Waals surface area (Å²) < 4.78 is 5.20. The molecular formula is C18H34N2O2. The molecule has 0 aromatic carbocycles. The molecule has 0 saturated heterocycles. The molecule has 4 heteroatoms. The van der Waals surface area contributed by atoms with Crippen LogP contribution in [0.2, 0.25) is 0 Å². The summed E-state index contributed by atoms with van der Waals surface area (Å²) in [6.45, 7) is 2.34. The molecule has 0 aromatic heterocycles. The van der Waals surface area contributed by atoms with Crippen molar-refractivity contribution >= 4 is 5.91 Å². The lowest BCUT2D eigenvalue weighted by atomic mass is 9.82. The van der Waals surface area contributed by atoms with Gasteiger partial charge in [0.2, 0.25) is 5.91 Å². The average Bonchev–Trinajstić information content (AvgIpc) is 2.87. The lowest BCUT2D eigenvalue weighted by molar-refractivity contribution is -0.131. The Morgan fingerprint density at radius 3 is 2.36 bits per heavy atom. The zero-order valence-electron chi connectivity index (χ0n) is 14.3. The maximum Gasteiger partial charge on any atom is 0.226 e. The molecule has 1 amide bonds. The monoisotopic (exact) mass is 310 g/mol. The Hall–Kier alpha value is -0.610. The number of rotatable bonds is 8. The zero-order chi connectivity index (χ0) is 15.7. The molecule has 22 heavy (non-hydrogen) atoms. The zero-order valence-corrected chi connectivity index (χ0v) is 14.3. The van der Waals surface area contributed by atoms with Gasteiger partial charge in [0.15, 0.2) is 0 Å². The molecular weight excluding hydrogens is 276 g/mol. The van der Waals surface area contributed by atoms with Gasteiger partial charge >= 0.3 is 0 Å². The maximum absolute atomic E-state index is 12.6. The van der Waals surface area contributed by atoms with Crippen LogP contribution in [-0.2, 0) is 9.53 Å². The highest BCUT2D eigenvalue weighted by molar-refractivity contribution is 5.82. The molecule has 2 aliphatic carbocycles. The van der Waals surface area contributed by atoms with E-state index in [2.05, 4.69) is 10.6 Å². The molecule has 0 aromatic rings. The van der Waals surface area contributed by atoms with Gasteiger partial charge in [0.25, 0.3) is 0 Å². The van der Waals surface area contributed by atoms with E-state index in [-0.39, 0.29) is 11.3 Å². The van der Waals surface area contributed by atoms with Crippen LogP contribution in [0.3, 0.4) is 0 Å². The van der Waals surface area contributed by atoms with Crippen LogP contribution in [0, 0.1) is 5.41 Å². The summed E-state index contributed by atoms with van der Waals surface area (Å²) in [7, 11) is 1.72. The van der Waals surface area contributed by atoms with Gasteiger partial charge in [0.1, 0.15) is 0 Å². The largest absolute Gasteiger partial charge is 0.385 e. The summed E-state index contributed by atoms with van der Waals surface area (Å²) in [6.07, 6.45) is 13.3. The normalized spacial score (nSPS) is 22.4. The SMILES string of the molecule is COCCC1(C(=O)NCCNC2CCCCCC2)CCCC1. The average molecular weight is 310 g/mol. The van der Waals surface area contributed by atoms with Gasteiger partial charge in [0.05, 0.1) is 5.41 Å². The number of ether oxygens (including phenoxy) is 1. The molecule has 2 saturated carbocycles. The maximum atomic E-state index is 12.6. The lowest BCUT2D eigenvalue weighted by Gasteiger charge is -2.27. The fraction of sp³-hybridized carbons (Fsp3) is 0.944. The first-order valence-electron chi connectivity index (χ1n) is 9.27. The van der Waals surface area contributed by atoms with Crippen LogP contribution in [0.4, 0.5) is 0 Å². The van der Waals surface area contributed by atoms with Crippen molar-refractivity contribution in [2.45, 2.75) is 76.7 Å². The van der Waals surface area contributed by atoms with Crippen LogP contribution >= 0.6 is 0 Å². The summed E-state index contributed by atoms with van der Waals surface area (Å²) in [5.74, 6) is 0.254. The first-order valence-corrected chi connectivity index (χ1v) is 9.27. The second-order valence-corrected chi connectivity index (χ2v) is 7.13. The van der Waals surface area contributed by atoms with Crippen LogP contribution in [0.5, 0.6) is 0 Å². The predicted octanol–water partition coefficient (Wildman–Crippen LogP) is 3.01. The Kier molecular flexibility index (Phi) is 7.67. The van der Waals surface area contributed by atoms with Crippen molar-refractivity contribution in [1.29, 1.82) is 0 Å². The molecule has 0 radical (unpaired) electrons. The first kappa shape index (κ1) is 17.7. The van der Waals surface area contributed by atoms with Crippen LogP contribution in [0.25, 0.3) is 0 Å². The molecule has 0 spiro atoms. The smallest absolute Gasteiger partial charge is 0.226 e. The van der Waals surface area contributed by atoms with Crippen LogP contribution in [0.1, 0.15) is 70.6 Å². The second-order valence-electron chi connectivity index (χ2n) is 7.13. The highest BCUT2D eigenvalue weighted by Gasteiger charge is 2.40. The van der Waals surface area contributed by atoms with Crippen molar-refractivity contribution in [2.75, 3.05) is 26.8 Å². The molecule has 0 aliphatic heterocycles. The predicted molar refractivity (Wildman–Crippen MR) is 89.9 cm³/mol. The van der Waals surface area contributed by atoms with E-state index >= 15 is 0 Å². The van der Waals surface area contributed by atoms with Gasteiger partial charge < -0.3 is 15.4 Å². The van der Waals surface area contributed by atoms with E-state index in [0.29, 0.717) is 12.6 Å². The van der Waals surface area contributed by atoms with E-state index in [4.69, 9.17) is 4.74 Å². The summed E-state index contributed by atoms with van der Waals surface area (Å²) >= 11 is 0. The molecule has 4 nitrogen and oxygen atoms in total. The van der Waals surface area contributed by atoms with E-state index in [9.17, 15) is 4.79 Å². The lowest BCUT2D eigenvalue weighted by Crippen LogP contribution is -2.43. The van der Waals surface area contributed by atoms with Gasteiger partial charge in [-0.15, -0.1) is 0 Å². The number of amides is 1. The van der Waals surface area contributed by atoms with E-state index in [1.807, 2.05) is 0 Å². The quantitative estimate of drug-likeness (QED) is 0.535. The van der Waals surface area contributed by atoms with Gasteiger partial charge in [0, 0.05) is 32.8 Å². The van der Waals surface area contributed by atoms with Crippen LogP contribution in [0.15, 0.2) is 0 Å². The molecule has 2 fully saturated rings. The number of methoxy groups -OCH3 is 1. The Bertz CT molecular complexity index is 319. The van der Waals surface area contributed by atoms with Gasteiger partial charge in [-0.2, -0.15) is 0 Å². The molecule has 2 N–H and O–H groups in total. The fourth-order valence-corrected chi connectivity index (χ4v) is 4.06. The minimum Gasteiger partial charge on any atom is -0.385 e.